The summed E-state index contributed by atoms with van der Waals surface area (Å²) in [6.45, 7) is 13.4. The number of para-hydroxylation sites is 2. The van der Waals surface area contributed by atoms with E-state index in [-0.39, 0.29) is 41.0 Å². The van der Waals surface area contributed by atoms with Crippen LogP contribution >= 0.6 is 7.92 Å². The Morgan fingerprint density at radius 3 is 1.18 bits per heavy atom. The van der Waals surface area contributed by atoms with E-state index in [1.165, 1.54) is 102 Å². The summed E-state index contributed by atoms with van der Waals surface area (Å²) in [7, 11) is 0.385. The van der Waals surface area contributed by atoms with Crippen LogP contribution in [-0.2, 0) is 16.2 Å². The van der Waals surface area contributed by atoms with E-state index in [4.69, 9.17) is 0 Å². The summed E-state index contributed by atoms with van der Waals surface area (Å²) in [4.78, 5) is 0. The number of hydrogen-bond acceptors (Lipinski definition) is 0. The number of hydrogen-bond donors (Lipinski definition) is 0. The first-order chi connectivity index (χ1) is 26.3. The molecule has 6 heteroatoms. The third-order valence-corrected chi connectivity index (χ3v) is 18.6. The second-order valence-corrected chi connectivity index (χ2v) is 21.7. The van der Waals surface area contributed by atoms with Crippen LogP contribution < -0.4 is 24.8 Å². The van der Waals surface area contributed by atoms with Crippen LogP contribution in [0.15, 0.2) is 78.9 Å². The van der Waals surface area contributed by atoms with Crippen molar-refractivity contribution in [2.75, 3.05) is 0 Å². The van der Waals surface area contributed by atoms with Gasteiger partial charge in [0.05, 0.1) is 0 Å². The van der Waals surface area contributed by atoms with E-state index in [9.17, 15) is 0 Å². The molecule has 0 N–H and O–H groups in total. The van der Waals surface area contributed by atoms with Gasteiger partial charge in [0, 0.05) is 0 Å². The molecule has 0 unspecified atom stereocenters. The number of fused-ring (bicyclic) bond motifs is 1. The number of aryl methyl sites for hydroxylation is 6. The number of nitrogens with zero attached hydrogens (tertiary/aromatic N) is 2. The molecule has 0 aliphatic heterocycles. The molecule has 3 aliphatic carbocycles. The molecule has 0 radical (unpaired) electrons. The Kier molecular flexibility index (Phi) is 17.0. The van der Waals surface area contributed by atoms with E-state index in [2.05, 4.69) is 134 Å². The Balaban J connectivity index is 0.000000242. The van der Waals surface area contributed by atoms with Crippen molar-refractivity contribution in [2.45, 2.75) is 155 Å². The molecule has 56 heavy (non-hydrogen) atoms. The minimum atomic E-state index is -0.228. The Bertz CT molecular complexity index is 1960. The van der Waals surface area contributed by atoms with Gasteiger partial charge in [-0.3, -0.25) is 0 Å². The summed E-state index contributed by atoms with van der Waals surface area (Å²) >= 11 is -0.228. The molecular weight excluding hydrogens is 832 g/mol. The number of benzene rings is 4. The van der Waals surface area contributed by atoms with E-state index in [1.807, 2.05) is 0 Å². The molecule has 3 aliphatic rings. The van der Waals surface area contributed by atoms with E-state index < -0.39 is 0 Å². The third-order valence-electron chi connectivity index (χ3n) is 12.5. The van der Waals surface area contributed by atoms with Gasteiger partial charge in [-0.2, -0.15) is 0 Å². The standard InChI is InChI=1S/C25H26N2.C18H33P.C7H6.2ClH.Ru/c1-16-11-18(3)24(19(4)12-16)26-15-27(23-10-8-7-9-22(23)26)25-20(5)13-17(2)14-21(25)6;1-4-10-16(11-5-1)19(17-12-6-2-7-13-17)18-14-8-3-9-15-18;1-7-5-3-2-4-6-7;;;/h7-14H,1-6H3;16-18H,1-15H2;1-6H;2*1H;/q;;;;;+2/p-2. The van der Waals surface area contributed by atoms with Crippen LogP contribution in [0.3, 0.4) is 0 Å². The van der Waals surface area contributed by atoms with Crippen LogP contribution in [0.4, 0.5) is 0 Å². The fourth-order valence-corrected chi connectivity index (χ4v) is 17.1. The predicted octanol–water partition coefficient (Wildman–Crippen LogP) is 8.21. The zero-order chi connectivity index (χ0) is 37.6. The molecule has 8 rings (SSSR count). The third kappa shape index (κ3) is 10.3. The largest absolute Gasteiger partial charge is 1.00 e. The normalized spacial score (nSPS) is 16.8. The molecule has 4 aromatic carbocycles. The molecule has 3 fully saturated rings. The molecule has 3 saturated carbocycles. The van der Waals surface area contributed by atoms with Gasteiger partial charge in [-0.25, -0.2) is 0 Å². The summed E-state index contributed by atoms with van der Waals surface area (Å²) in [6, 6.07) is 28.9. The molecule has 0 bridgehead atoms. The summed E-state index contributed by atoms with van der Waals surface area (Å²) in [5, 5.41) is 0. The van der Waals surface area contributed by atoms with Gasteiger partial charge in [0.25, 0.3) is 0 Å². The van der Waals surface area contributed by atoms with Crippen molar-refractivity contribution in [3.05, 3.63) is 122 Å². The molecule has 302 valence electrons. The quantitative estimate of drug-likeness (QED) is 0.120. The monoisotopic (exact) mass is 896 g/mol. The SMILES string of the molecule is C1CCC(P(C2CCCCC2)C2CCCCC2)CC1.Cc1cc(C)c(-n2[c](=[Ru+2]=[CH]c3ccccc3)n(-c3c(C)cc(C)cc3C)c3ccccc32)c(C)c1.[Cl-].[Cl-]. The van der Waals surface area contributed by atoms with Crippen molar-refractivity contribution < 1.29 is 41.0 Å². The van der Waals surface area contributed by atoms with Gasteiger partial charge in [0.2, 0.25) is 0 Å². The predicted molar refractivity (Wildman–Crippen MR) is 233 cm³/mol. The van der Waals surface area contributed by atoms with Gasteiger partial charge in [-0.05, 0) is 55.5 Å². The molecule has 0 spiro atoms. The fraction of sp³-hybridized carbons (Fsp3) is 0.480. The summed E-state index contributed by atoms with van der Waals surface area (Å²) in [5.41, 5.74) is 17.8. The van der Waals surface area contributed by atoms with Crippen molar-refractivity contribution in [2.24, 2.45) is 0 Å². The summed E-state index contributed by atoms with van der Waals surface area (Å²) in [5.74, 6) is 0. The maximum Gasteiger partial charge on any atom is -1.00 e. The van der Waals surface area contributed by atoms with Gasteiger partial charge in [0.15, 0.2) is 0 Å². The molecule has 0 amide bonds. The van der Waals surface area contributed by atoms with Crippen LogP contribution in [0.2, 0.25) is 0 Å². The van der Waals surface area contributed by atoms with E-state index in [0.29, 0.717) is 7.92 Å². The van der Waals surface area contributed by atoms with Gasteiger partial charge in [-0.1, -0.05) is 65.7 Å². The summed E-state index contributed by atoms with van der Waals surface area (Å²) in [6.07, 6.45) is 23.6. The molecule has 2 nitrogen and oxygen atoms in total. The van der Waals surface area contributed by atoms with Crippen molar-refractivity contribution in [1.82, 2.24) is 9.13 Å². The first-order valence-electron chi connectivity index (χ1n) is 21.3. The minimum absolute atomic E-state index is 0. The van der Waals surface area contributed by atoms with Crippen LogP contribution in [0.1, 0.15) is 135 Å². The number of aromatic nitrogens is 2. The Morgan fingerprint density at radius 2 is 0.821 bits per heavy atom. The van der Waals surface area contributed by atoms with Crippen LogP contribution in [0.5, 0.6) is 0 Å². The second kappa shape index (κ2) is 21.2. The topological polar surface area (TPSA) is 9.86 Å². The number of imidazole rings is 1. The zero-order valence-electron chi connectivity index (χ0n) is 34.9. The number of rotatable bonds is 6. The smallest absolute Gasteiger partial charge is 1.00 e. The molecular formula is C50H65Cl2N2PRu. The van der Waals surface area contributed by atoms with Gasteiger partial charge >= 0.3 is 216 Å². The van der Waals surface area contributed by atoms with E-state index in [0.717, 1.165) is 0 Å². The molecule has 1 aromatic heterocycles. The van der Waals surface area contributed by atoms with Crippen LogP contribution in [0, 0.1) is 45.6 Å². The molecule has 5 aromatic rings. The van der Waals surface area contributed by atoms with E-state index >= 15 is 0 Å². The first-order valence-corrected chi connectivity index (χ1v) is 24.7. The maximum absolute atomic E-state index is 2.54. The van der Waals surface area contributed by atoms with Gasteiger partial charge < -0.3 is 24.8 Å². The Hall–Kier alpha value is -2.15. The minimum Gasteiger partial charge on any atom is -1.00 e. The average molecular weight is 897 g/mol. The average Bonchev–Trinajstić information content (AvgIpc) is 3.48. The van der Waals surface area contributed by atoms with Gasteiger partial charge in [0.1, 0.15) is 0 Å². The van der Waals surface area contributed by atoms with Gasteiger partial charge in [-0.15, -0.1) is 0 Å². The van der Waals surface area contributed by atoms with Crippen molar-refractivity contribution >= 4 is 23.6 Å². The maximum atomic E-state index is 2.54. The number of halogens is 2. The second-order valence-electron chi connectivity index (χ2n) is 16.8. The molecule has 0 saturated heterocycles. The summed E-state index contributed by atoms with van der Waals surface area (Å²) < 4.78 is 8.87. The Labute approximate surface area is 359 Å². The van der Waals surface area contributed by atoms with E-state index in [1.54, 1.807) is 77.0 Å². The van der Waals surface area contributed by atoms with Crippen molar-refractivity contribution in [3.8, 4) is 11.4 Å². The fourth-order valence-electron chi connectivity index (χ4n) is 10.4. The van der Waals surface area contributed by atoms with Crippen LogP contribution in [-0.4, -0.2) is 30.7 Å². The zero-order valence-corrected chi connectivity index (χ0v) is 39.0. The van der Waals surface area contributed by atoms with Crippen LogP contribution in [0.25, 0.3) is 22.4 Å². The van der Waals surface area contributed by atoms with Crippen molar-refractivity contribution in [3.63, 3.8) is 0 Å². The Morgan fingerprint density at radius 1 is 0.482 bits per heavy atom. The molecule has 0 atom stereocenters. The van der Waals surface area contributed by atoms with Crippen molar-refractivity contribution in [1.29, 1.82) is 0 Å². The first kappa shape index (κ1) is 44.9. The molecule has 1 heterocycles.